The monoisotopic (exact) mass is 403 g/mol. The largest absolute Gasteiger partial charge is 0.451 e. The molecule has 0 unspecified atom stereocenters. The zero-order valence-electron chi connectivity index (χ0n) is 15.2. The van der Waals surface area contributed by atoms with Crippen LogP contribution in [0.2, 0.25) is 0 Å². The number of sulfonamides is 1. The van der Waals surface area contributed by atoms with Crippen molar-refractivity contribution in [3.05, 3.63) is 66.0 Å². The lowest BCUT2D eigenvalue weighted by atomic mass is 10.2. The highest BCUT2D eigenvalue weighted by Gasteiger charge is 2.29. The number of amides is 1. The van der Waals surface area contributed by atoms with E-state index in [1.807, 2.05) is 6.07 Å². The van der Waals surface area contributed by atoms with Crippen LogP contribution in [0.25, 0.3) is 0 Å². The molecule has 8 nitrogen and oxygen atoms in total. The van der Waals surface area contributed by atoms with E-state index in [0.29, 0.717) is 0 Å². The molecule has 1 aromatic carbocycles. The van der Waals surface area contributed by atoms with Crippen molar-refractivity contribution < 1.29 is 22.7 Å². The summed E-state index contributed by atoms with van der Waals surface area (Å²) in [5.41, 5.74) is 0.856. The molecule has 1 saturated heterocycles. The molecular formula is C19H21N3O5S. The van der Waals surface area contributed by atoms with Gasteiger partial charge in [-0.1, -0.05) is 36.4 Å². The summed E-state index contributed by atoms with van der Waals surface area (Å²) in [6.45, 7) is 0.554. The maximum absolute atomic E-state index is 12.5. The van der Waals surface area contributed by atoms with Crippen molar-refractivity contribution in [2.75, 3.05) is 32.8 Å². The first-order valence-electron chi connectivity index (χ1n) is 8.83. The highest BCUT2D eigenvalue weighted by molar-refractivity contribution is 7.88. The molecule has 0 bridgehead atoms. The summed E-state index contributed by atoms with van der Waals surface area (Å²) in [5.74, 6) is -1.09. The van der Waals surface area contributed by atoms with Crippen molar-refractivity contribution in [1.82, 2.24) is 14.2 Å². The molecule has 2 aromatic rings. The number of pyridine rings is 1. The second-order valence-electron chi connectivity index (χ2n) is 6.31. The quantitative estimate of drug-likeness (QED) is 0.665. The van der Waals surface area contributed by atoms with Gasteiger partial charge in [0.25, 0.3) is 5.91 Å². The van der Waals surface area contributed by atoms with Crippen molar-refractivity contribution in [3.63, 3.8) is 0 Å². The Bertz CT molecular complexity index is 911. The number of aromatic nitrogens is 1. The highest BCUT2D eigenvalue weighted by Crippen LogP contribution is 2.14. The number of hydrogen-bond acceptors (Lipinski definition) is 6. The number of ether oxygens (including phenoxy) is 1. The van der Waals surface area contributed by atoms with Crippen LogP contribution in [0, 0.1) is 0 Å². The average Bonchev–Trinajstić information content (AvgIpc) is 2.73. The fraction of sp³-hybridized carbons (Fsp3) is 0.316. The molecule has 1 aromatic heterocycles. The molecule has 0 N–H and O–H groups in total. The van der Waals surface area contributed by atoms with E-state index in [1.165, 1.54) is 21.5 Å². The van der Waals surface area contributed by atoms with Gasteiger partial charge in [-0.05, 0) is 17.7 Å². The van der Waals surface area contributed by atoms with Crippen LogP contribution < -0.4 is 0 Å². The third-order valence-electron chi connectivity index (χ3n) is 4.38. The van der Waals surface area contributed by atoms with Crippen LogP contribution in [0.15, 0.2) is 54.7 Å². The Kier molecular flexibility index (Phi) is 6.37. The predicted molar refractivity (Wildman–Crippen MR) is 102 cm³/mol. The maximum atomic E-state index is 12.5. The minimum atomic E-state index is -3.45. The van der Waals surface area contributed by atoms with Crippen LogP contribution >= 0.6 is 0 Å². The number of benzene rings is 1. The Morgan fingerprint density at radius 1 is 0.964 bits per heavy atom. The number of carbonyl (C=O) groups excluding carboxylic acids is 2. The summed E-state index contributed by atoms with van der Waals surface area (Å²) < 4.78 is 31.5. The Balaban J connectivity index is 1.48. The third kappa shape index (κ3) is 5.14. The molecule has 0 spiro atoms. The first-order valence-corrected chi connectivity index (χ1v) is 10.4. The standard InChI is InChI=1S/C19H21N3O5S/c23-18(14-27-19(24)17-8-4-5-9-20-17)21-10-12-22(13-11-21)28(25,26)15-16-6-2-1-3-7-16/h1-9H,10-15H2. The topological polar surface area (TPSA) is 96.9 Å². The maximum Gasteiger partial charge on any atom is 0.357 e. The lowest BCUT2D eigenvalue weighted by molar-refractivity contribution is -0.135. The molecule has 3 rings (SSSR count). The number of piperazine rings is 1. The molecule has 0 aliphatic carbocycles. The normalized spacial score (nSPS) is 15.2. The second-order valence-corrected chi connectivity index (χ2v) is 8.28. The summed E-state index contributed by atoms with van der Waals surface area (Å²) in [5, 5.41) is 0. The number of nitrogens with zero attached hydrogens (tertiary/aromatic N) is 3. The first kappa shape index (κ1) is 20.0. The lowest BCUT2D eigenvalue weighted by Crippen LogP contribution is -2.51. The van der Waals surface area contributed by atoms with Gasteiger partial charge in [0.15, 0.2) is 6.61 Å². The van der Waals surface area contributed by atoms with Crippen LogP contribution in [-0.2, 0) is 25.3 Å². The molecule has 1 amide bonds. The summed E-state index contributed by atoms with van der Waals surface area (Å²) in [6, 6.07) is 13.8. The molecule has 148 valence electrons. The van der Waals surface area contributed by atoms with E-state index in [1.54, 1.807) is 36.4 Å². The van der Waals surface area contributed by atoms with E-state index in [9.17, 15) is 18.0 Å². The fourth-order valence-corrected chi connectivity index (χ4v) is 4.38. The molecule has 1 aliphatic rings. The Morgan fingerprint density at radius 3 is 2.29 bits per heavy atom. The summed E-state index contributed by atoms with van der Waals surface area (Å²) >= 11 is 0. The van der Waals surface area contributed by atoms with Crippen molar-refractivity contribution in [1.29, 1.82) is 0 Å². The number of carbonyl (C=O) groups is 2. The minimum Gasteiger partial charge on any atom is -0.451 e. The zero-order valence-corrected chi connectivity index (χ0v) is 16.0. The molecule has 2 heterocycles. The zero-order chi connectivity index (χ0) is 20.0. The smallest absolute Gasteiger partial charge is 0.357 e. The fourth-order valence-electron chi connectivity index (χ4n) is 2.87. The van der Waals surface area contributed by atoms with Crippen LogP contribution in [0.4, 0.5) is 0 Å². The average molecular weight is 403 g/mol. The first-order chi connectivity index (χ1) is 13.5. The lowest BCUT2D eigenvalue weighted by Gasteiger charge is -2.33. The van der Waals surface area contributed by atoms with Crippen molar-refractivity contribution in [3.8, 4) is 0 Å². The van der Waals surface area contributed by atoms with Gasteiger partial charge in [-0.15, -0.1) is 0 Å². The Morgan fingerprint density at radius 2 is 1.64 bits per heavy atom. The number of esters is 1. The van der Waals surface area contributed by atoms with Gasteiger partial charge in [0.05, 0.1) is 5.75 Å². The molecule has 0 atom stereocenters. The van der Waals surface area contributed by atoms with Gasteiger partial charge in [-0.2, -0.15) is 4.31 Å². The van der Waals surface area contributed by atoms with Crippen molar-refractivity contribution in [2.24, 2.45) is 0 Å². The number of hydrogen-bond donors (Lipinski definition) is 0. The Hall–Kier alpha value is -2.78. The summed E-state index contributed by atoms with van der Waals surface area (Å²) in [6.07, 6.45) is 1.47. The van der Waals surface area contributed by atoms with E-state index >= 15 is 0 Å². The van der Waals surface area contributed by atoms with Crippen LogP contribution in [0.5, 0.6) is 0 Å². The van der Waals surface area contributed by atoms with Gasteiger partial charge < -0.3 is 9.64 Å². The highest BCUT2D eigenvalue weighted by atomic mass is 32.2. The van der Waals surface area contributed by atoms with Gasteiger partial charge in [0.1, 0.15) is 5.69 Å². The molecule has 0 radical (unpaired) electrons. The second kappa shape index (κ2) is 8.94. The number of rotatable bonds is 6. The van der Waals surface area contributed by atoms with Crippen LogP contribution in [-0.4, -0.2) is 67.3 Å². The summed E-state index contributed by atoms with van der Waals surface area (Å²) in [7, 11) is -3.45. The SMILES string of the molecule is O=C(OCC(=O)N1CCN(S(=O)(=O)Cc2ccccc2)CC1)c1ccccn1. The molecule has 1 aliphatic heterocycles. The van der Waals surface area contributed by atoms with E-state index in [2.05, 4.69) is 4.98 Å². The molecule has 28 heavy (non-hydrogen) atoms. The van der Waals surface area contributed by atoms with Crippen LogP contribution in [0.3, 0.4) is 0 Å². The molecular weight excluding hydrogens is 382 g/mol. The van der Waals surface area contributed by atoms with Gasteiger partial charge in [0.2, 0.25) is 10.0 Å². The molecule has 1 fully saturated rings. The van der Waals surface area contributed by atoms with Crippen molar-refractivity contribution in [2.45, 2.75) is 5.75 Å². The minimum absolute atomic E-state index is 0.0660. The third-order valence-corrected chi connectivity index (χ3v) is 6.23. The van der Waals surface area contributed by atoms with Gasteiger partial charge in [-0.3, -0.25) is 4.79 Å². The van der Waals surface area contributed by atoms with Gasteiger partial charge in [-0.25, -0.2) is 18.2 Å². The van der Waals surface area contributed by atoms with E-state index in [4.69, 9.17) is 4.74 Å². The van der Waals surface area contributed by atoms with E-state index in [0.717, 1.165) is 5.56 Å². The van der Waals surface area contributed by atoms with Gasteiger partial charge >= 0.3 is 5.97 Å². The Labute approximate surface area is 163 Å². The van der Waals surface area contributed by atoms with Crippen molar-refractivity contribution >= 4 is 21.9 Å². The summed E-state index contributed by atoms with van der Waals surface area (Å²) in [4.78, 5) is 29.5. The van der Waals surface area contributed by atoms with Gasteiger partial charge in [0, 0.05) is 32.4 Å². The predicted octanol–water partition coefficient (Wildman–Crippen LogP) is 0.913. The molecule has 9 heteroatoms. The van der Waals surface area contributed by atoms with E-state index in [-0.39, 0.29) is 43.5 Å². The van der Waals surface area contributed by atoms with Crippen LogP contribution in [0.1, 0.15) is 16.1 Å². The van der Waals surface area contributed by atoms with E-state index < -0.39 is 22.6 Å². The molecule has 0 saturated carbocycles.